The van der Waals surface area contributed by atoms with Crippen molar-refractivity contribution in [3.63, 3.8) is 0 Å². The molecule has 8 heteroatoms. The van der Waals surface area contributed by atoms with Crippen LogP contribution in [0.25, 0.3) is 22.5 Å². The first-order chi connectivity index (χ1) is 12.7. The van der Waals surface area contributed by atoms with Gasteiger partial charge in [-0.15, -0.1) is 10.2 Å². The van der Waals surface area contributed by atoms with Crippen molar-refractivity contribution >= 4 is 22.4 Å². The highest BCUT2D eigenvalue weighted by Crippen LogP contribution is 2.36. The van der Waals surface area contributed by atoms with E-state index in [1.165, 1.54) is 6.26 Å². The van der Waals surface area contributed by atoms with Gasteiger partial charge in [-0.2, -0.15) is 5.26 Å². The zero-order valence-electron chi connectivity index (χ0n) is 13.6. The largest absolute Gasteiger partial charge is 0.493 e. The summed E-state index contributed by atoms with van der Waals surface area (Å²) < 4.78 is 5.31. The van der Waals surface area contributed by atoms with E-state index in [-0.39, 0.29) is 22.9 Å². The van der Waals surface area contributed by atoms with Crippen LogP contribution in [0.3, 0.4) is 0 Å². The number of nitrogens with zero attached hydrogens (tertiary/aromatic N) is 5. The summed E-state index contributed by atoms with van der Waals surface area (Å²) in [4.78, 5) is 11.4. The molecule has 0 saturated carbocycles. The van der Waals surface area contributed by atoms with Gasteiger partial charge in [-0.3, -0.25) is 0 Å². The number of nitrogens with one attached hydrogen (secondary N) is 1. The lowest BCUT2D eigenvalue weighted by molar-refractivity contribution is 0.459. The molecule has 0 atom stereocenters. The minimum atomic E-state index is -0.106. The maximum atomic E-state index is 10.1. The van der Waals surface area contributed by atoms with E-state index in [1.54, 1.807) is 19.1 Å². The van der Waals surface area contributed by atoms with Crippen LogP contribution in [0, 0.1) is 18.3 Å². The van der Waals surface area contributed by atoms with E-state index in [9.17, 15) is 10.4 Å². The molecular weight excluding hydrogens is 332 g/mol. The summed E-state index contributed by atoms with van der Waals surface area (Å²) in [6.07, 6.45) is 1.51. The van der Waals surface area contributed by atoms with Crippen LogP contribution in [0.15, 0.2) is 57.3 Å². The lowest BCUT2D eigenvalue weighted by Crippen LogP contribution is -1.95. The Hall–Kier alpha value is -3.99. The number of H-pyrrole nitrogens is 1. The number of azo groups is 1. The van der Waals surface area contributed by atoms with E-state index < -0.39 is 0 Å². The molecule has 0 bridgehead atoms. The zero-order chi connectivity index (χ0) is 18.1. The first kappa shape index (κ1) is 15.5. The molecule has 26 heavy (non-hydrogen) atoms. The molecule has 8 nitrogen and oxygen atoms in total. The van der Waals surface area contributed by atoms with Crippen molar-refractivity contribution in [3.05, 3.63) is 53.9 Å². The van der Waals surface area contributed by atoms with Crippen molar-refractivity contribution in [2.45, 2.75) is 6.92 Å². The summed E-state index contributed by atoms with van der Waals surface area (Å²) >= 11 is 0. The molecular formula is C18H12N6O2. The normalized spacial score (nSPS) is 11.2. The highest BCUT2D eigenvalue weighted by Gasteiger charge is 2.15. The van der Waals surface area contributed by atoms with Gasteiger partial charge >= 0.3 is 0 Å². The van der Waals surface area contributed by atoms with Gasteiger partial charge in [0.05, 0.1) is 17.5 Å². The lowest BCUT2D eigenvalue weighted by atomic mass is 10.2. The molecule has 4 aromatic rings. The molecule has 1 aromatic carbocycles. The zero-order valence-corrected chi connectivity index (χ0v) is 13.6. The smallest absolute Gasteiger partial charge is 0.218 e. The summed E-state index contributed by atoms with van der Waals surface area (Å²) in [7, 11) is 0. The standard InChI is InChI=1S/C18H12N6O2/c1-10-12(9-19)16(22-17(20-10)14-7-4-8-26-14)24-23-15-11-5-2-3-6-13(11)21-18(15)25/h2-8,21,25H,1H3. The van der Waals surface area contributed by atoms with Crippen LogP contribution in [-0.2, 0) is 0 Å². The number of hydrogen-bond acceptors (Lipinski definition) is 7. The first-order valence-corrected chi connectivity index (χ1v) is 7.71. The van der Waals surface area contributed by atoms with E-state index in [4.69, 9.17) is 4.42 Å². The second kappa shape index (κ2) is 6.14. The summed E-state index contributed by atoms with van der Waals surface area (Å²) in [5.41, 5.74) is 1.68. The minimum absolute atomic E-state index is 0.106. The molecule has 4 rings (SSSR count). The number of rotatable bonds is 3. The molecule has 3 heterocycles. The third-order valence-corrected chi connectivity index (χ3v) is 3.83. The molecule has 126 valence electrons. The predicted molar refractivity (Wildman–Crippen MR) is 93.3 cm³/mol. The third kappa shape index (κ3) is 2.57. The Balaban J connectivity index is 1.83. The summed E-state index contributed by atoms with van der Waals surface area (Å²) in [5.74, 6) is 0.772. The fraction of sp³-hybridized carbons (Fsp3) is 0.0556. The topological polar surface area (TPSA) is 123 Å². The Morgan fingerprint density at radius 1 is 1.15 bits per heavy atom. The van der Waals surface area contributed by atoms with Gasteiger partial charge in [0.1, 0.15) is 11.6 Å². The van der Waals surface area contributed by atoms with E-state index in [0.717, 1.165) is 5.52 Å². The Kier molecular flexibility index (Phi) is 3.67. The minimum Gasteiger partial charge on any atom is -0.493 e. The van der Waals surface area contributed by atoms with Gasteiger partial charge in [0.15, 0.2) is 23.1 Å². The van der Waals surface area contributed by atoms with Crippen LogP contribution >= 0.6 is 0 Å². The van der Waals surface area contributed by atoms with E-state index in [0.29, 0.717) is 22.7 Å². The molecule has 0 aliphatic carbocycles. The monoisotopic (exact) mass is 344 g/mol. The molecule has 0 aliphatic rings. The second-order valence-corrected chi connectivity index (χ2v) is 5.49. The highest BCUT2D eigenvalue weighted by atomic mass is 16.3. The van der Waals surface area contributed by atoms with Gasteiger partial charge in [-0.25, -0.2) is 9.97 Å². The van der Waals surface area contributed by atoms with Gasteiger partial charge < -0.3 is 14.5 Å². The average molecular weight is 344 g/mol. The van der Waals surface area contributed by atoms with E-state index in [2.05, 4.69) is 25.2 Å². The number of furan rings is 1. The fourth-order valence-electron chi connectivity index (χ4n) is 2.59. The number of nitriles is 1. The number of benzene rings is 1. The van der Waals surface area contributed by atoms with Gasteiger partial charge in [-0.1, -0.05) is 18.2 Å². The fourth-order valence-corrected chi connectivity index (χ4v) is 2.59. The van der Waals surface area contributed by atoms with Crippen LogP contribution in [0.5, 0.6) is 5.88 Å². The Labute approximate surface area is 147 Å². The molecule has 2 N–H and O–H groups in total. The Bertz CT molecular complexity index is 1170. The predicted octanol–water partition coefficient (Wildman–Crippen LogP) is 4.52. The SMILES string of the molecule is Cc1nc(-c2ccco2)nc(N=Nc2c(O)[nH]c3ccccc23)c1C#N. The third-order valence-electron chi connectivity index (χ3n) is 3.83. The van der Waals surface area contributed by atoms with Crippen molar-refractivity contribution < 1.29 is 9.52 Å². The van der Waals surface area contributed by atoms with Crippen molar-refractivity contribution in [2.75, 3.05) is 0 Å². The first-order valence-electron chi connectivity index (χ1n) is 7.71. The molecule has 0 saturated heterocycles. The van der Waals surface area contributed by atoms with Crippen LogP contribution in [0.2, 0.25) is 0 Å². The van der Waals surface area contributed by atoms with Gasteiger partial charge in [-0.05, 0) is 25.1 Å². The summed E-state index contributed by atoms with van der Waals surface area (Å²) in [6, 6.07) is 12.8. The van der Waals surface area contributed by atoms with Gasteiger partial charge in [0.2, 0.25) is 5.88 Å². The van der Waals surface area contributed by atoms with Crippen molar-refractivity contribution in [1.82, 2.24) is 15.0 Å². The Morgan fingerprint density at radius 2 is 2.00 bits per heavy atom. The quantitative estimate of drug-likeness (QED) is 0.529. The average Bonchev–Trinajstić information content (AvgIpc) is 3.27. The molecule has 0 amide bonds. The maximum absolute atomic E-state index is 10.1. The van der Waals surface area contributed by atoms with E-state index in [1.807, 2.05) is 30.3 Å². The highest BCUT2D eigenvalue weighted by molar-refractivity contribution is 5.94. The lowest BCUT2D eigenvalue weighted by Gasteiger charge is -2.03. The number of aromatic nitrogens is 3. The number of aryl methyl sites for hydroxylation is 1. The number of aromatic hydroxyl groups is 1. The van der Waals surface area contributed by atoms with Gasteiger partial charge in [0, 0.05) is 5.39 Å². The molecule has 0 radical (unpaired) electrons. The molecule has 3 aromatic heterocycles. The number of fused-ring (bicyclic) bond motifs is 1. The van der Waals surface area contributed by atoms with Crippen molar-refractivity contribution in [2.24, 2.45) is 10.2 Å². The van der Waals surface area contributed by atoms with Crippen LogP contribution in [0.4, 0.5) is 11.5 Å². The molecule has 0 unspecified atom stereocenters. The summed E-state index contributed by atoms with van der Waals surface area (Å²) in [6.45, 7) is 1.69. The number of hydrogen-bond donors (Lipinski definition) is 2. The van der Waals surface area contributed by atoms with Crippen molar-refractivity contribution in [1.29, 1.82) is 5.26 Å². The maximum Gasteiger partial charge on any atom is 0.218 e. The number of aromatic amines is 1. The van der Waals surface area contributed by atoms with Crippen LogP contribution in [0.1, 0.15) is 11.3 Å². The van der Waals surface area contributed by atoms with E-state index >= 15 is 0 Å². The molecule has 0 fully saturated rings. The number of para-hydroxylation sites is 1. The van der Waals surface area contributed by atoms with Crippen molar-refractivity contribution in [3.8, 4) is 23.5 Å². The molecule has 0 spiro atoms. The molecule has 0 aliphatic heterocycles. The summed E-state index contributed by atoms with van der Waals surface area (Å²) in [5, 5.41) is 28.4. The van der Waals surface area contributed by atoms with Crippen LogP contribution in [-0.4, -0.2) is 20.1 Å². The second-order valence-electron chi connectivity index (χ2n) is 5.49. The van der Waals surface area contributed by atoms with Crippen LogP contribution < -0.4 is 0 Å². The van der Waals surface area contributed by atoms with Gasteiger partial charge in [0.25, 0.3) is 0 Å². The Morgan fingerprint density at radius 3 is 2.77 bits per heavy atom.